The van der Waals surface area contributed by atoms with Crippen LogP contribution in [0.4, 0.5) is 0 Å². The van der Waals surface area contributed by atoms with E-state index in [1.54, 1.807) is 0 Å². The summed E-state index contributed by atoms with van der Waals surface area (Å²) >= 11 is 5.46. The monoisotopic (exact) mass is 186 g/mol. The minimum atomic E-state index is -1.08. The molecule has 0 saturated heterocycles. The van der Waals surface area contributed by atoms with E-state index in [1.807, 2.05) is 0 Å². The molecule has 0 aliphatic heterocycles. The molecule has 0 aromatic heterocycles. The number of alkyl halides is 1. The van der Waals surface area contributed by atoms with Crippen LogP contribution in [0.3, 0.4) is 0 Å². The van der Waals surface area contributed by atoms with Gasteiger partial charge >= 0.3 is 5.97 Å². The number of carboxylic acid groups (broad SMARTS) is 1. The molecule has 0 unspecified atom stereocenters. The number of aromatic carboxylic acids is 1. The molecule has 12 heavy (non-hydrogen) atoms. The first kappa shape index (κ1) is 8.87. The zero-order valence-corrected chi connectivity index (χ0v) is 6.88. The van der Waals surface area contributed by atoms with Crippen molar-refractivity contribution < 1.29 is 15.0 Å². The highest BCUT2D eigenvalue weighted by atomic mass is 35.5. The summed E-state index contributed by atoms with van der Waals surface area (Å²) in [6.07, 6.45) is 0. The Kier molecular flexibility index (Phi) is 2.55. The maximum absolute atomic E-state index is 10.6. The third-order valence-electron chi connectivity index (χ3n) is 1.52. The standard InChI is InChI=1S/C8H7ClO3/c9-4-6-5(8(11)12)2-1-3-7(6)10/h1-3,10H,4H2,(H,11,12). The van der Waals surface area contributed by atoms with E-state index >= 15 is 0 Å². The summed E-state index contributed by atoms with van der Waals surface area (Å²) in [7, 11) is 0. The molecule has 3 nitrogen and oxygen atoms in total. The fourth-order valence-corrected chi connectivity index (χ4v) is 1.20. The second-order valence-corrected chi connectivity index (χ2v) is 2.51. The minimum absolute atomic E-state index is 0.00565. The first-order chi connectivity index (χ1) is 5.66. The van der Waals surface area contributed by atoms with Crippen LogP contribution in [0.15, 0.2) is 18.2 Å². The van der Waals surface area contributed by atoms with Crippen LogP contribution in [0.2, 0.25) is 0 Å². The number of phenols is 1. The summed E-state index contributed by atoms with van der Waals surface area (Å²) in [4.78, 5) is 10.6. The Hall–Kier alpha value is -1.22. The van der Waals surface area contributed by atoms with Gasteiger partial charge in [-0.25, -0.2) is 4.79 Å². The van der Waals surface area contributed by atoms with E-state index in [9.17, 15) is 9.90 Å². The first-order valence-electron chi connectivity index (χ1n) is 3.27. The fraction of sp³-hybridized carbons (Fsp3) is 0.125. The topological polar surface area (TPSA) is 57.5 Å². The molecule has 0 radical (unpaired) electrons. The van der Waals surface area contributed by atoms with Gasteiger partial charge < -0.3 is 10.2 Å². The molecule has 0 amide bonds. The third-order valence-corrected chi connectivity index (χ3v) is 1.78. The van der Waals surface area contributed by atoms with E-state index in [4.69, 9.17) is 16.7 Å². The lowest BCUT2D eigenvalue weighted by atomic mass is 10.1. The van der Waals surface area contributed by atoms with Crippen LogP contribution in [0.25, 0.3) is 0 Å². The van der Waals surface area contributed by atoms with Gasteiger partial charge in [0.25, 0.3) is 0 Å². The zero-order chi connectivity index (χ0) is 9.14. The van der Waals surface area contributed by atoms with Gasteiger partial charge in [0.1, 0.15) is 5.75 Å². The highest BCUT2D eigenvalue weighted by Gasteiger charge is 2.11. The Morgan fingerprint density at radius 3 is 2.58 bits per heavy atom. The molecule has 0 aliphatic rings. The number of carboxylic acids is 1. The van der Waals surface area contributed by atoms with Crippen LogP contribution in [0, 0.1) is 0 Å². The predicted octanol–water partition coefficient (Wildman–Crippen LogP) is 1.83. The Morgan fingerprint density at radius 2 is 2.17 bits per heavy atom. The van der Waals surface area contributed by atoms with E-state index in [0.717, 1.165) is 0 Å². The van der Waals surface area contributed by atoms with Crippen LogP contribution >= 0.6 is 11.6 Å². The molecule has 0 bridgehead atoms. The van der Waals surface area contributed by atoms with Gasteiger partial charge in [-0.3, -0.25) is 0 Å². The van der Waals surface area contributed by atoms with Crippen LogP contribution in [-0.2, 0) is 5.88 Å². The number of aromatic hydroxyl groups is 1. The number of phenolic OH excluding ortho intramolecular Hbond substituents is 1. The normalized spacial score (nSPS) is 9.75. The van der Waals surface area contributed by atoms with Crippen molar-refractivity contribution in [1.82, 2.24) is 0 Å². The van der Waals surface area contributed by atoms with Crippen LogP contribution in [0.1, 0.15) is 15.9 Å². The summed E-state index contributed by atoms with van der Waals surface area (Å²) in [6.45, 7) is 0. The van der Waals surface area contributed by atoms with E-state index in [2.05, 4.69) is 0 Å². The Labute approximate surface area is 74.2 Å². The average molecular weight is 187 g/mol. The molecule has 2 N–H and O–H groups in total. The Bertz CT molecular complexity index is 309. The molecule has 0 saturated carbocycles. The second kappa shape index (κ2) is 3.45. The predicted molar refractivity (Wildman–Crippen MR) is 44.6 cm³/mol. The Morgan fingerprint density at radius 1 is 1.50 bits per heavy atom. The highest BCUT2D eigenvalue weighted by molar-refractivity contribution is 6.17. The van der Waals surface area contributed by atoms with Gasteiger partial charge in [-0.1, -0.05) is 6.07 Å². The van der Waals surface area contributed by atoms with Crippen LogP contribution in [-0.4, -0.2) is 16.2 Å². The molecule has 0 spiro atoms. The van der Waals surface area contributed by atoms with Crippen molar-refractivity contribution in [2.24, 2.45) is 0 Å². The molecule has 0 fully saturated rings. The number of benzene rings is 1. The Balaban J connectivity index is 3.27. The van der Waals surface area contributed by atoms with E-state index < -0.39 is 5.97 Å². The second-order valence-electron chi connectivity index (χ2n) is 2.24. The summed E-state index contributed by atoms with van der Waals surface area (Å²) in [5, 5.41) is 17.8. The third kappa shape index (κ3) is 1.51. The lowest BCUT2D eigenvalue weighted by molar-refractivity contribution is 0.0695. The van der Waals surface area contributed by atoms with Crippen molar-refractivity contribution >= 4 is 17.6 Å². The van der Waals surface area contributed by atoms with Crippen molar-refractivity contribution in [2.45, 2.75) is 5.88 Å². The lowest BCUT2D eigenvalue weighted by Crippen LogP contribution is -2.00. The number of rotatable bonds is 2. The molecule has 64 valence electrons. The molecule has 0 aliphatic carbocycles. The van der Waals surface area contributed by atoms with Crippen molar-refractivity contribution in [3.05, 3.63) is 29.3 Å². The number of hydrogen-bond donors (Lipinski definition) is 2. The first-order valence-corrected chi connectivity index (χ1v) is 3.80. The summed E-state index contributed by atoms with van der Waals surface area (Å²) in [5.74, 6) is -1.17. The van der Waals surface area contributed by atoms with Crippen molar-refractivity contribution in [3.8, 4) is 5.75 Å². The highest BCUT2D eigenvalue weighted by Crippen LogP contribution is 2.22. The SMILES string of the molecule is O=C(O)c1cccc(O)c1CCl. The van der Waals surface area contributed by atoms with Gasteiger partial charge in [0.15, 0.2) is 0 Å². The van der Waals surface area contributed by atoms with Gasteiger partial charge in [-0.2, -0.15) is 0 Å². The van der Waals surface area contributed by atoms with Crippen LogP contribution in [0.5, 0.6) is 5.75 Å². The van der Waals surface area contributed by atoms with Crippen molar-refractivity contribution in [3.63, 3.8) is 0 Å². The summed E-state index contributed by atoms with van der Waals surface area (Å²) in [6, 6.07) is 4.28. The summed E-state index contributed by atoms with van der Waals surface area (Å²) in [5.41, 5.74) is 0.302. The number of hydrogen-bond acceptors (Lipinski definition) is 2. The minimum Gasteiger partial charge on any atom is -0.508 e. The van der Waals surface area contributed by atoms with Gasteiger partial charge in [0.2, 0.25) is 0 Å². The van der Waals surface area contributed by atoms with E-state index in [0.29, 0.717) is 0 Å². The summed E-state index contributed by atoms with van der Waals surface area (Å²) < 4.78 is 0. The maximum atomic E-state index is 10.6. The quantitative estimate of drug-likeness (QED) is 0.693. The van der Waals surface area contributed by atoms with Gasteiger partial charge in [-0.05, 0) is 12.1 Å². The number of halogens is 1. The molecule has 0 atom stereocenters. The zero-order valence-electron chi connectivity index (χ0n) is 6.12. The van der Waals surface area contributed by atoms with E-state index in [-0.39, 0.29) is 22.8 Å². The van der Waals surface area contributed by atoms with Crippen molar-refractivity contribution in [2.75, 3.05) is 0 Å². The fourth-order valence-electron chi connectivity index (χ4n) is 0.915. The van der Waals surface area contributed by atoms with Gasteiger partial charge in [-0.15, -0.1) is 11.6 Å². The lowest BCUT2D eigenvalue weighted by Gasteiger charge is -2.03. The molecule has 4 heteroatoms. The maximum Gasteiger partial charge on any atom is 0.336 e. The molecule has 1 rings (SSSR count). The average Bonchev–Trinajstić information content (AvgIpc) is 2.03. The molecule has 1 aromatic rings. The molecular formula is C8H7ClO3. The van der Waals surface area contributed by atoms with Crippen LogP contribution < -0.4 is 0 Å². The largest absolute Gasteiger partial charge is 0.508 e. The smallest absolute Gasteiger partial charge is 0.336 e. The van der Waals surface area contributed by atoms with Gasteiger partial charge in [0.05, 0.1) is 11.4 Å². The van der Waals surface area contributed by atoms with E-state index in [1.165, 1.54) is 18.2 Å². The van der Waals surface area contributed by atoms with Gasteiger partial charge in [0, 0.05) is 5.56 Å². The molecule has 1 aromatic carbocycles. The molecule has 0 heterocycles. The molecular weight excluding hydrogens is 180 g/mol. The van der Waals surface area contributed by atoms with Crippen molar-refractivity contribution in [1.29, 1.82) is 0 Å². The number of carbonyl (C=O) groups is 1.